The molecule has 1 amide bonds. The molecule has 0 unspecified atom stereocenters. The van der Waals surface area contributed by atoms with E-state index in [-0.39, 0.29) is 11.9 Å². The van der Waals surface area contributed by atoms with Crippen LogP contribution in [0.25, 0.3) is 16.8 Å². The molecule has 35 heavy (non-hydrogen) atoms. The maximum atomic E-state index is 13.2. The van der Waals surface area contributed by atoms with E-state index in [0.717, 1.165) is 11.1 Å². The number of hydrogen-bond donors (Lipinski definition) is 1. The molecule has 0 saturated carbocycles. The molecule has 2 aromatic carbocycles. The van der Waals surface area contributed by atoms with Crippen LogP contribution in [0.3, 0.4) is 0 Å². The van der Waals surface area contributed by atoms with Gasteiger partial charge in [-0.15, -0.1) is 5.10 Å². The van der Waals surface area contributed by atoms with Gasteiger partial charge in [0.05, 0.1) is 11.9 Å². The minimum absolute atomic E-state index is 0.161. The molecule has 13 heteroatoms. The Kier molecular flexibility index (Phi) is 7.72. The second-order valence-corrected chi connectivity index (χ2v) is 11.3. The predicted molar refractivity (Wildman–Crippen MR) is 134 cm³/mol. The van der Waals surface area contributed by atoms with Crippen LogP contribution in [0.1, 0.15) is 17.3 Å². The largest absolute Gasteiger partial charge is 0.348 e. The van der Waals surface area contributed by atoms with Gasteiger partial charge in [0, 0.05) is 59.9 Å². The normalized spacial score (nSPS) is 16.2. The Hall–Kier alpha value is -2.57. The van der Waals surface area contributed by atoms with Crippen LogP contribution in [0.2, 0.25) is 10.0 Å². The Morgan fingerprint density at radius 1 is 1.11 bits per heavy atom. The third-order valence-corrected chi connectivity index (χ3v) is 7.60. The van der Waals surface area contributed by atoms with Crippen LogP contribution < -0.4 is 5.32 Å². The van der Waals surface area contributed by atoms with E-state index in [4.69, 9.17) is 23.2 Å². The van der Waals surface area contributed by atoms with E-state index >= 15 is 0 Å². The lowest BCUT2D eigenvalue weighted by Crippen LogP contribution is -2.51. The lowest BCUT2D eigenvalue weighted by molar-refractivity contribution is 0.0922. The van der Waals surface area contributed by atoms with Crippen LogP contribution in [-0.4, -0.2) is 88.8 Å². The highest BCUT2D eigenvalue weighted by Crippen LogP contribution is 2.32. The summed E-state index contributed by atoms with van der Waals surface area (Å²) in [5.74, 6) is -0.256. The van der Waals surface area contributed by atoms with E-state index in [9.17, 15) is 13.2 Å². The van der Waals surface area contributed by atoms with Crippen molar-refractivity contribution in [3.05, 3.63) is 58.3 Å². The average Bonchev–Trinajstić information content (AvgIpc) is 3.33. The monoisotopic (exact) mass is 537 g/mol. The van der Waals surface area contributed by atoms with Crippen molar-refractivity contribution < 1.29 is 13.2 Å². The van der Waals surface area contributed by atoms with Crippen molar-refractivity contribution in [1.82, 2.24) is 34.7 Å². The number of rotatable bonds is 7. The van der Waals surface area contributed by atoms with Gasteiger partial charge in [0.25, 0.3) is 5.91 Å². The summed E-state index contributed by atoms with van der Waals surface area (Å²) in [4.78, 5) is 15.3. The van der Waals surface area contributed by atoms with Crippen molar-refractivity contribution in [2.45, 2.75) is 13.0 Å². The second-order valence-electron chi connectivity index (χ2n) is 8.48. The molecular formula is C22H25Cl2N7O3S. The molecule has 4 rings (SSSR count). The molecule has 1 aromatic heterocycles. The van der Waals surface area contributed by atoms with Gasteiger partial charge in [-0.1, -0.05) is 29.3 Å². The number of halogens is 2. The van der Waals surface area contributed by atoms with E-state index in [2.05, 4.69) is 25.7 Å². The van der Waals surface area contributed by atoms with Crippen LogP contribution in [0.4, 0.5) is 0 Å². The standard InChI is InChI=1S/C22H25Cl2N7O3S/c1-15(13-29-5-7-30(8-6-29)35(2,33)34)26-22(32)17-9-16(20-4-3-18(23)12-21(20)24)10-19(11-17)31-14-25-27-28-31/h3-4,9-12,14-15H,5-8,13H2,1-2H3,(H,26,32)/t15-/m1/s1. The van der Waals surface area contributed by atoms with Gasteiger partial charge in [-0.2, -0.15) is 4.31 Å². The summed E-state index contributed by atoms with van der Waals surface area (Å²) in [6, 6.07) is 10.3. The zero-order valence-electron chi connectivity index (χ0n) is 19.2. The van der Waals surface area contributed by atoms with Gasteiger partial charge in [-0.3, -0.25) is 9.69 Å². The molecule has 1 aliphatic heterocycles. The molecular weight excluding hydrogens is 513 g/mol. The third-order valence-electron chi connectivity index (χ3n) is 5.75. The number of carbonyl (C=O) groups is 1. The molecule has 1 N–H and O–H groups in total. The number of sulfonamides is 1. The number of nitrogens with one attached hydrogen (secondary N) is 1. The smallest absolute Gasteiger partial charge is 0.251 e. The molecule has 10 nitrogen and oxygen atoms in total. The number of piperazine rings is 1. The Balaban J connectivity index is 1.51. The minimum Gasteiger partial charge on any atom is -0.348 e. The highest BCUT2D eigenvalue weighted by molar-refractivity contribution is 7.88. The van der Waals surface area contributed by atoms with E-state index in [1.54, 1.807) is 30.3 Å². The number of nitrogens with zero attached hydrogens (tertiary/aromatic N) is 6. The maximum Gasteiger partial charge on any atom is 0.251 e. The quantitative estimate of drug-likeness (QED) is 0.491. The van der Waals surface area contributed by atoms with Gasteiger partial charge in [0.15, 0.2) is 0 Å². The summed E-state index contributed by atoms with van der Waals surface area (Å²) < 4.78 is 26.4. The highest BCUT2D eigenvalue weighted by atomic mass is 35.5. The summed E-state index contributed by atoms with van der Waals surface area (Å²) >= 11 is 12.5. The highest BCUT2D eigenvalue weighted by Gasteiger charge is 2.24. The molecule has 0 spiro atoms. The summed E-state index contributed by atoms with van der Waals surface area (Å²) in [6.07, 6.45) is 2.67. The van der Waals surface area contributed by atoms with Crippen molar-refractivity contribution in [2.75, 3.05) is 39.0 Å². The van der Waals surface area contributed by atoms with E-state index in [1.165, 1.54) is 21.6 Å². The van der Waals surface area contributed by atoms with Crippen LogP contribution in [0.15, 0.2) is 42.7 Å². The zero-order chi connectivity index (χ0) is 25.2. The van der Waals surface area contributed by atoms with Gasteiger partial charge in [0.1, 0.15) is 6.33 Å². The molecule has 1 fully saturated rings. The Labute approximate surface area is 213 Å². The molecule has 3 aromatic rings. The minimum atomic E-state index is -3.18. The van der Waals surface area contributed by atoms with Gasteiger partial charge in [-0.25, -0.2) is 13.1 Å². The molecule has 186 valence electrons. The second kappa shape index (κ2) is 10.6. The maximum absolute atomic E-state index is 13.2. The first-order chi connectivity index (χ1) is 16.6. The summed E-state index contributed by atoms with van der Waals surface area (Å²) in [7, 11) is -3.18. The lowest BCUT2D eigenvalue weighted by atomic mass is 10.0. The SMILES string of the molecule is C[C@H](CN1CCN(S(C)(=O)=O)CC1)NC(=O)c1cc(-c2ccc(Cl)cc2Cl)cc(-n2cnnn2)c1. The van der Waals surface area contributed by atoms with Crippen molar-refractivity contribution in [3.8, 4) is 16.8 Å². The van der Waals surface area contributed by atoms with Gasteiger partial charge in [-0.05, 0) is 53.2 Å². The fourth-order valence-corrected chi connectivity index (χ4v) is 5.36. The van der Waals surface area contributed by atoms with Crippen LogP contribution in [0, 0.1) is 0 Å². The van der Waals surface area contributed by atoms with Crippen LogP contribution >= 0.6 is 23.2 Å². The number of carbonyl (C=O) groups excluding carboxylic acids is 1. The first kappa shape index (κ1) is 25.5. The zero-order valence-corrected chi connectivity index (χ0v) is 21.6. The number of aromatic nitrogens is 4. The van der Waals surface area contributed by atoms with E-state index in [1.807, 2.05) is 13.0 Å². The molecule has 0 radical (unpaired) electrons. The number of hydrogen-bond acceptors (Lipinski definition) is 7. The molecule has 1 atom stereocenters. The van der Waals surface area contributed by atoms with Crippen molar-refractivity contribution in [1.29, 1.82) is 0 Å². The number of tetrazole rings is 1. The number of benzene rings is 2. The summed E-state index contributed by atoms with van der Waals surface area (Å²) in [5.41, 5.74) is 2.46. The Morgan fingerprint density at radius 2 is 1.86 bits per heavy atom. The van der Waals surface area contributed by atoms with Gasteiger partial charge < -0.3 is 5.32 Å². The molecule has 0 aliphatic carbocycles. The van der Waals surface area contributed by atoms with Crippen molar-refractivity contribution >= 4 is 39.1 Å². The predicted octanol–water partition coefficient (Wildman–Crippen LogP) is 2.33. The average molecular weight is 538 g/mol. The Morgan fingerprint density at radius 3 is 2.49 bits per heavy atom. The van der Waals surface area contributed by atoms with Gasteiger partial charge >= 0.3 is 0 Å². The fraction of sp³-hybridized carbons (Fsp3) is 0.364. The number of amides is 1. The van der Waals surface area contributed by atoms with Crippen LogP contribution in [-0.2, 0) is 10.0 Å². The Bertz CT molecular complexity index is 1310. The van der Waals surface area contributed by atoms with E-state index in [0.29, 0.717) is 54.0 Å². The van der Waals surface area contributed by atoms with Crippen LogP contribution in [0.5, 0.6) is 0 Å². The third kappa shape index (κ3) is 6.36. The summed E-state index contributed by atoms with van der Waals surface area (Å²) in [6.45, 7) is 4.63. The van der Waals surface area contributed by atoms with Crippen molar-refractivity contribution in [3.63, 3.8) is 0 Å². The van der Waals surface area contributed by atoms with E-state index < -0.39 is 10.0 Å². The molecule has 0 bridgehead atoms. The summed E-state index contributed by atoms with van der Waals surface area (Å²) in [5, 5.41) is 15.3. The van der Waals surface area contributed by atoms with Gasteiger partial charge in [0.2, 0.25) is 10.0 Å². The first-order valence-corrected chi connectivity index (χ1v) is 13.5. The molecule has 1 aliphatic rings. The fourth-order valence-electron chi connectivity index (χ4n) is 4.02. The molecule has 2 heterocycles. The first-order valence-electron chi connectivity index (χ1n) is 10.9. The molecule has 1 saturated heterocycles. The van der Waals surface area contributed by atoms with Crippen molar-refractivity contribution in [2.24, 2.45) is 0 Å². The topological polar surface area (TPSA) is 113 Å². The lowest BCUT2D eigenvalue weighted by Gasteiger charge is -2.34.